The van der Waals surface area contributed by atoms with Crippen LogP contribution in [0.1, 0.15) is 0 Å². The Morgan fingerprint density at radius 2 is 1.79 bits per heavy atom. The van der Waals surface area contributed by atoms with Crippen LogP contribution in [-0.4, -0.2) is 4.98 Å². The number of ether oxygens (including phenoxy) is 1. The molecule has 0 fully saturated rings. The summed E-state index contributed by atoms with van der Waals surface area (Å²) in [6, 6.07) is 11.6. The van der Waals surface area contributed by atoms with Crippen molar-refractivity contribution in [1.82, 2.24) is 4.98 Å². The summed E-state index contributed by atoms with van der Waals surface area (Å²) in [7, 11) is 0. The van der Waals surface area contributed by atoms with Crippen molar-refractivity contribution in [3.05, 3.63) is 52.4 Å². The summed E-state index contributed by atoms with van der Waals surface area (Å²) in [4.78, 5) is 3.92. The topological polar surface area (TPSA) is 22.1 Å². The molecule has 2 rings (SSSR count). The lowest BCUT2D eigenvalue weighted by atomic mass is 10.3. The molecule has 0 unspecified atom stereocenters. The molecular formula is C11H8INO. The Hall–Kier alpha value is -1.10. The van der Waals surface area contributed by atoms with Gasteiger partial charge in [0, 0.05) is 16.0 Å². The Balaban J connectivity index is 2.19. The van der Waals surface area contributed by atoms with Crippen molar-refractivity contribution in [2.75, 3.05) is 0 Å². The monoisotopic (exact) mass is 297 g/mol. The number of rotatable bonds is 2. The van der Waals surface area contributed by atoms with Crippen molar-refractivity contribution in [2.45, 2.75) is 0 Å². The SMILES string of the molecule is Ic1cccc(Oc2ccncc2)c1. The zero-order valence-electron chi connectivity index (χ0n) is 7.35. The van der Waals surface area contributed by atoms with Crippen LogP contribution in [0.5, 0.6) is 11.5 Å². The molecule has 3 heteroatoms. The van der Waals surface area contributed by atoms with E-state index in [1.165, 1.54) is 0 Å². The molecule has 0 saturated heterocycles. The van der Waals surface area contributed by atoms with E-state index in [1.54, 1.807) is 12.4 Å². The van der Waals surface area contributed by atoms with E-state index in [-0.39, 0.29) is 0 Å². The zero-order chi connectivity index (χ0) is 9.80. The van der Waals surface area contributed by atoms with Gasteiger partial charge >= 0.3 is 0 Å². The largest absolute Gasteiger partial charge is 0.457 e. The molecule has 70 valence electrons. The van der Waals surface area contributed by atoms with E-state index in [9.17, 15) is 0 Å². The number of hydrogen-bond acceptors (Lipinski definition) is 2. The van der Waals surface area contributed by atoms with Crippen molar-refractivity contribution >= 4 is 22.6 Å². The maximum Gasteiger partial charge on any atom is 0.130 e. The third-order valence-corrected chi connectivity index (χ3v) is 2.35. The maximum atomic E-state index is 5.61. The van der Waals surface area contributed by atoms with Crippen molar-refractivity contribution in [3.8, 4) is 11.5 Å². The molecule has 0 aliphatic carbocycles. The summed E-state index contributed by atoms with van der Waals surface area (Å²) in [5.74, 6) is 1.66. The zero-order valence-corrected chi connectivity index (χ0v) is 9.51. The molecule has 0 aliphatic rings. The van der Waals surface area contributed by atoms with Gasteiger partial charge in [0.1, 0.15) is 11.5 Å². The molecule has 0 bridgehead atoms. The molecular weight excluding hydrogens is 289 g/mol. The summed E-state index contributed by atoms with van der Waals surface area (Å²) in [5, 5.41) is 0. The molecule has 0 N–H and O–H groups in total. The van der Waals surface area contributed by atoms with Gasteiger partial charge in [-0.05, 0) is 52.9 Å². The normalized spacial score (nSPS) is 9.79. The van der Waals surface area contributed by atoms with Gasteiger partial charge in [0.05, 0.1) is 0 Å². The Morgan fingerprint density at radius 1 is 1.00 bits per heavy atom. The van der Waals surface area contributed by atoms with Crippen LogP contribution in [0, 0.1) is 3.57 Å². The Morgan fingerprint density at radius 3 is 2.50 bits per heavy atom. The molecule has 0 radical (unpaired) electrons. The average molecular weight is 297 g/mol. The molecule has 0 spiro atoms. The van der Waals surface area contributed by atoms with Gasteiger partial charge in [-0.1, -0.05) is 6.07 Å². The lowest BCUT2D eigenvalue weighted by Gasteiger charge is -2.04. The highest BCUT2D eigenvalue weighted by molar-refractivity contribution is 14.1. The van der Waals surface area contributed by atoms with E-state index in [0.717, 1.165) is 15.1 Å². The van der Waals surface area contributed by atoms with Gasteiger partial charge in [-0.25, -0.2) is 0 Å². The van der Waals surface area contributed by atoms with Gasteiger partial charge in [-0.3, -0.25) is 4.98 Å². The van der Waals surface area contributed by atoms with Crippen molar-refractivity contribution < 1.29 is 4.74 Å². The van der Waals surface area contributed by atoms with Crippen molar-refractivity contribution in [3.63, 3.8) is 0 Å². The molecule has 0 atom stereocenters. The first-order chi connectivity index (χ1) is 6.84. The molecule has 2 aromatic rings. The van der Waals surface area contributed by atoms with Crippen LogP contribution in [0.2, 0.25) is 0 Å². The van der Waals surface area contributed by atoms with E-state index in [2.05, 4.69) is 27.6 Å². The Bertz CT molecular complexity index is 417. The minimum atomic E-state index is 0.807. The fourth-order valence-electron chi connectivity index (χ4n) is 1.07. The standard InChI is InChI=1S/C11H8INO/c12-9-2-1-3-11(8-9)14-10-4-6-13-7-5-10/h1-8H. The van der Waals surface area contributed by atoms with Crippen LogP contribution >= 0.6 is 22.6 Å². The third kappa shape index (κ3) is 2.45. The molecule has 14 heavy (non-hydrogen) atoms. The third-order valence-electron chi connectivity index (χ3n) is 1.68. The number of nitrogens with zero attached hydrogens (tertiary/aromatic N) is 1. The van der Waals surface area contributed by atoms with E-state index in [4.69, 9.17) is 4.74 Å². The lowest BCUT2D eigenvalue weighted by molar-refractivity contribution is 0.481. The fourth-order valence-corrected chi connectivity index (χ4v) is 1.59. The number of benzene rings is 1. The first-order valence-electron chi connectivity index (χ1n) is 4.18. The summed E-state index contributed by atoms with van der Waals surface area (Å²) in [6.07, 6.45) is 3.42. The molecule has 1 heterocycles. The highest BCUT2D eigenvalue weighted by atomic mass is 127. The highest BCUT2D eigenvalue weighted by Crippen LogP contribution is 2.21. The summed E-state index contributed by atoms with van der Waals surface area (Å²) >= 11 is 2.26. The van der Waals surface area contributed by atoms with Crippen LogP contribution in [0.4, 0.5) is 0 Å². The van der Waals surface area contributed by atoms with Gasteiger partial charge in [0.25, 0.3) is 0 Å². The van der Waals surface area contributed by atoms with E-state index >= 15 is 0 Å². The smallest absolute Gasteiger partial charge is 0.130 e. The molecule has 2 nitrogen and oxygen atoms in total. The second kappa shape index (κ2) is 4.41. The lowest BCUT2D eigenvalue weighted by Crippen LogP contribution is -1.84. The number of pyridine rings is 1. The Kier molecular flexibility index (Phi) is 2.98. The quantitative estimate of drug-likeness (QED) is 0.792. The van der Waals surface area contributed by atoms with E-state index in [1.807, 2.05) is 36.4 Å². The minimum Gasteiger partial charge on any atom is -0.457 e. The first kappa shape index (κ1) is 9.45. The van der Waals surface area contributed by atoms with Crippen molar-refractivity contribution in [2.24, 2.45) is 0 Å². The summed E-state index contributed by atoms with van der Waals surface area (Å²) < 4.78 is 6.78. The van der Waals surface area contributed by atoms with Crippen LogP contribution in [0.25, 0.3) is 0 Å². The Labute approximate surface area is 96.1 Å². The van der Waals surface area contributed by atoms with Gasteiger partial charge in [-0.2, -0.15) is 0 Å². The number of halogens is 1. The van der Waals surface area contributed by atoms with Gasteiger partial charge in [0.15, 0.2) is 0 Å². The van der Waals surface area contributed by atoms with Crippen molar-refractivity contribution in [1.29, 1.82) is 0 Å². The summed E-state index contributed by atoms with van der Waals surface area (Å²) in [5.41, 5.74) is 0. The van der Waals surface area contributed by atoms with Gasteiger partial charge < -0.3 is 4.74 Å². The van der Waals surface area contributed by atoms with Crippen LogP contribution in [0.15, 0.2) is 48.8 Å². The van der Waals surface area contributed by atoms with Crippen LogP contribution in [0.3, 0.4) is 0 Å². The molecule has 0 aliphatic heterocycles. The molecule has 0 amide bonds. The summed E-state index contributed by atoms with van der Waals surface area (Å²) in [6.45, 7) is 0. The minimum absolute atomic E-state index is 0.807. The fraction of sp³-hybridized carbons (Fsp3) is 0. The molecule has 1 aromatic carbocycles. The first-order valence-corrected chi connectivity index (χ1v) is 5.26. The maximum absolute atomic E-state index is 5.61. The van der Waals surface area contributed by atoms with Gasteiger partial charge in [0.2, 0.25) is 0 Å². The van der Waals surface area contributed by atoms with Crippen LogP contribution < -0.4 is 4.74 Å². The second-order valence-corrected chi connectivity index (χ2v) is 3.99. The van der Waals surface area contributed by atoms with E-state index < -0.39 is 0 Å². The highest BCUT2D eigenvalue weighted by Gasteiger charge is 1.96. The van der Waals surface area contributed by atoms with Crippen LogP contribution in [-0.2, 0) is 0 Å². The average Bonchev–Trinajstić information content (AvgIpc) is 2.19. The molecule has 0 saturated carbocycles. The number of hydrogen-bond donors (Lipinski definition) is 0. The van der Waals surface area contributed by atoms with E-state index in [0.29, 0.717) is 0 Å². The second-order valence-electron chi connectivity index (χ2n) is 2.74. The predicted octanol–water partition coefficient (Wildman–Crippen LogP) is 3.48. The number of aromatic nitrogens is 1. The predicted molar refractivity (Wildman–Crippen MR) is 63.5 cm³/mol. The van der Waals surface area contributed by atoms with Gasteiger partial charge in [-0.15, -0.1) is 0 Å². The molecule has 1 aromatic heterocycles.